The Morgan fingerprint density at radius 2 is 2.07 bits per heavy atom. The Morgan fingerprint density at radius 3 is 2.57 bits per heavy atom. The minimum atomic E-state index is 0.230. The number of likely N-dealkylation sites (N-methyl/N-ethyl adjacent to an activating group) is 2. The van der Waals surface area contributed by atoms with Gasteiger partial charge in [0.25, 0.3) is 0 Å². The van der Waals surface area contributed by atoms with E-state index < -0.39 is 0 Å². The topological polar surface area (TPSA) is 26.7 Å². The summed E-state index contributed by atoms with van der Waals surface area (Å²) in [5.74, 6) is 0. The van der Waals surface area contributed by atoms with Gasteiger partial charge in [-0.25, -0.2) is 0 Å². The maximum Gasteiger partial charge on any atom is 0.0446 e. The fourth-order valence-electron chi connectivity index (χ4n) is 2.31. The molecule has 0 aromatic heterocycles. The minimum absolute atomic E-state index is 0.230. The molecule has 1 heterocycles. The summed E-state index contributed by atoms with van der Waals surface area (Å²) >= 11 is 0. The van der Waals surface area contributed by atoms with Crippen LogP contribution in [0.5, 0.6) is 0 Å². The second-order valence-electron chi connectivity index (χ2n) is 4.92. The molecule has 3 heteroatoms. The standard InChI is InChI=1S/C11H24N2O/c1-5-13-8-10(6-7-14)12(4)11(2,3)9-13/h10,14H,5-9H2,1-4H3. The van der Waals surface area contributed by atoms with Crippen molar-refractivity contribution in [2.24, 2.45) is 0 Å². The molecule has 84 valence electrons. The van der Waals surface area contributed by atoms with Crippen LogP contribution >= 0.6 is 0 Å². The molecule has 0 aliphatic carbocycles. The SMILES string of the molecule is CCN1CC(CCO)N(C)C(C)(C)C1. The fourth-order valence-corrected chi connectivity index (χ4v) is 2.31. The van der Waals surface area contributed by atoms with E-state index in [1.165, 1.54) is 0 Å². The predicted octanol–water partition coefficient (Wildman–Crippen LogP) is 0.783. The van der Waals surface area contributed by atoms with E-state index >= 15 is 0 Å². The zero-order valence-electron chi connectivity index (χ0n) is 9.95. The monoisotopic (exact) mass is 200 g/mol. The largest absolute Gasteiger partial charge is 0.396 e. The Kier molecular flexibility index (Phi) is 3.93. The van der Waals surface area contributed by atoms with Crippen LogP contribution < -0.4 is 0 Å². The van der Waals surface area contributed by atoms with Crippen LogP contribution in [-0.4, -0.2) is 59.8 Å². The van der Waals surface area contributed by atoms with E-state index in [4.69, 9.17) is 5.11 Å². The highest BCUT2D eigenvalue weighted by atomic mass is 16.3. The third-order valence-electron chi connectivity index (χ3n) is 3.49. The van der Waals surface area contributed by atoms with E-state index in [-0.39, 0.29) is 5.54 Å². The Hall–Kier alpha value is -0.120. The van der Waals surface area contributed by atoms with Crippen LogP contribution in [0.2, 0.25) is 0 Å². The zero-order chi connectivity index (χ0) is 10.8. The van der Waals surface area contributed by atoms with Crippen molar-refractivity contribution in [1.29, 1.82) is 0 Å². The summed E-state index contributed by atoms with van der Waals surface area (Å²) in [4.78, 5) is 4.88. The number of piperazine rings is 1. The lowest BCUT2D eigenvalue weighted by molar-refractivity contribution is -0.0123. The van der Waals surface area contributed by atoms with Crippen LogP contribution in [0, 0.1) is 0 Å². The number of hydrogen-bond acceptors (Lipinski definition) is 3. The summed E-state index contributed by atoms with van der Waals surface area (Å²) in [6.07, 6.45) is 0.885. The first-order valence-corrected chi connectivity index (χ1v) is 5.57. The van der Waals surface area contributed by atoms with E-state index in [2.05, 4.69) is 37.6 Å². The second kappa shape index (κ2) is 4.60. The summed E-state index contributed by atoms with van der Waals surface area (Å²) < 4.78 is 0. The third-order valence-corrected chi connectivity index (χ3v) is 3.49. The van der Waals surface area contributed by atoms with E-state index in [1.54, 1.807) is 0 Å². The number of rotatable bonds is 3. The molecular weight excluding hydrogens is 176 g/mol. The Bertz CT molecular complexity index is 182. The molecule has 3 nitrogen and oxygen atoms in total. The highest BCUT2D eigenvalue weighted by molar-refractivity contribution is 4.93. The van der Waals surface area contributed by atoms with Crippen LogP contribution in [0.4, 0.5) is 0 Å². The molecule has 1 aliphatic heterocycles. The molecule has 0 saturated carbocycles. The predicted molar refractivity (Wildman–Crippen MR) is 59.4 cm³/mol. The first-order chi connectivity index (χ1) is 6.51. The number of hydrogen-bond donors (Lipinski definition) is 1. The smallest absolute Gasteiger partial charge is 0.0446 e. The lowest BCUT2D eigenvalue weighted by Crippen LogP contribution is -2.62. The summed E-state index contributed by atoms with van der Waals surface area (Å²) in [5.41, 5.74) is 0.230. The molecule has 1 fully saturated rings. The number of nitrogens with zero attached hydrogens (tertiary/aromatic N) is 2. The summed E-state index contributed by atoms with van der Waals surface area (Å²) in [5, 5.41) is 9.02. The summed E-state index contributed by atoms with van der Waals surface area (Å²) in [6, 6.07) is 0.503. The van der Waals surface area contributed by atoms with Gasteiger partial charge >= 0.3 is 0 Å². The van der Waals surface area contributed by atoms with E-state index in [1.807, 2.05) is 0 Å². The molecule has 1 saturated heterocycles. The maximum atomic E-state index is 9.02. The fraction of sp³-hybridized carbons (Fsp3) is 1.00. The van der Waals surface area contributed by atoms with Crippen molar-refractivity contribution >= 4 is 0 Å². The van der Waals surface area contributed by atoms with Gasteiger partial charge < -0.3 is 10.0 Å². The second-order valence-corrected chi connectivity index (χ2v) is 4.92. The highest BCUT2D eigenvalue weighted by Gasteiger charge is 2.36. The lowest BCUT2D eigenvalue weighted by atomic mass is 9.94. The maximum absolute atomic E-state index is 9.02. The van der Waals surface area contributed by atoms with Gasteiger partial charge in [-0.15, -0.1) is 0 Å². The first kappa shape index (κ1) is 12.0. The molecule has 14 heavy (non-hydrogen) atoms. The van der Waals surface area contributed by atoms with Crippen LogP contribution in [0.25, 0.3) is 0 Å². The molecule has 1 aliphatic rings. The van der Waals surface area contributed by atoms with Crippen LogP contribution in [0.1, 0.15) is 27.2 Å². The molecule has 0 spiro atoms. The van der Waals surface area contributed by atoms with E-state index in [0.29, 0.717) is 12.6 Å². The van der Waals surface area contributed by atoms with E-state index in [0.717, 1.165) is 26.1 Å². The van der Waals surface area contributed by atoms with Crippen molar-refractivity contribution in [2.75, 3.05) is 33.3 Å². The third kappa shape index (κ3) is 2.47. The van der Waals surface area contributed by atoms with Gasteiger partial charge in [-0.3, -0.25) is 4.90 Å². The van der Waals surface area contributed by atoms with Crippen molar-refractivity contribution in [2.45, 2.75) is 38.8 Å². The molecule has 0 radical (unpaired) electrons. The molecule has 1 atom stereocenters. The number of aliphatic hydroxyl groups excluding tert-OH is 1. The van der Waals surface area contributed by atoms with Gasteiger partial charge in [0.1, 0.15) is 0 Å². The van der Waals surface area contributed by atoms with Crippen LogP contribution in [0.15, 0.2) is 0 Å². The quantitative estimate of drug-likeness (QED) is 0.729. The average Bonchev–Trinajstić information content (AvgIpc) is 2.12. The van der Waals surface area contributed by atoms with Gasteiger partial charge in [-0.05, 0) is 33.9 Å². The van der Waals surface area contributed by atoms with Crippen molar-refractivity contribution in [3.8, 4) is 0 Å². The molecule has 1 N–H and O–H groups in total. The summed E-state index contributed by atoms with van der Waals surface area (Å²) in [7, 11) is 2.17. The van der Waals surface area contributed by atoms with Crippen molar-refractivity contribution in [3.05, 3.63) is 0 Å². The van der Waals surface area contributed by atoms with Crippen molar-refractivity contribution in [1.82, 2.24) is 9.80 Å². The van der Waals surface area contributed by atoms with Gasteiger partial charge in [0.2, 0.25) is 0 Å². The van der Waals surface area contributed by atoms with Gasteiger partial charge in [-0.1, -0.05) is 6.92 Å². The zero-order valence-corrected chi connectivity index (χ0v) is 9.95. The molecule has 0 bridgehead atoms. The Morgan fingerprint density at radius 1 is 1.43 bits per heavy atom. The first-order valence-electron chi connectivity index (χ1n) is 5.57. The Balaban J connectivity index is 2.66. The minimum Gasteiger partial charge on any atom is -0.396 e. The van der Waals surface area contributed by atoms with Crippen LogP contribution in [-0.2, 0) is 0 Å². The average molecular weight is 200 g/mol. The molecule has 0 amide bonds. The molecule has 0 aromatic rings. The number of aliphatic hydroxyl groups is 1. The normalized spacial score (nSPS) is 29.4. The van der Waals surface area contributed by atoms with Gasteiger partial charge in [0.15, 0.2) is 0 Å². The van der Waals surface area contributed by atoms with E-state index in [9.17, 15) is 0 Å². The lowest BCUT2D eigenvalue weighted by Gasteiger charge is -2.50. The molecular formula is C11H24N2O. The highest BCUT2D eigenvalue weighted by Crippen LogP contribution is 2.24. The van der Waals surface area contributed by atoms with Gasteiger partial charge in [0, 0.05) is 31.3 Å². The summed E-state index contributed by atoms with van der Waals surface area (Å²) in [6.45, 7) is 10.4. The van der Waals surface area contributed by atoms with Gasteiger partial charge in [-0.2, -0.15) is 0 Å². The molecule has 0 aromatic carbocycles. The van der Waals surface area contributed by atoms with Crippen molar-refractivity contribution < 1.29 is 5.11 Å². The molecule has 1 rings (SSSR count). The Labute approximate surface area is 87.7 Å². The van der Waals surface area contributed by atoms with Gasteiger partial charge in [0.05, 0.1) is 0 Å². The molecule has 1 unspecified atom stereocenters. The van der Waals surface area contributed by atoms with Crippen LogP contribution in [0.3, 0.4) is 0 Å². The van der Waals surface area contributed by atoms with Crippen molar-refractivity contribution in [3.63, 3.8) is 0 Å².